The molecule has 1 aromatic carbocycles. The quantitative estimate of drug-likeness (QED) is 0.624. The second-order valence-electron chi connectivity index (χ2n) is 9.07. The van der Waals surface area contributed by atoms with Gasteiger partial charge in [-0.05, 0) is 57.7 Å². The molecule has 2 fully saturated rings. The Morgan fingerprint density at radius 2 is 1.89 bits per heavy atom. The minimum atomic E-state index is -3.93. The topological polar surface area (TPSA) is 105 Å². The third kappa shape index (κ3) is 5.36. The second-order valence-corrected chi connectivity index (χ2v) is 11.3. The summed E-state index contributed by atoms with van der Waals surface area (Å²) in [6.07, 6.45) is 2.98. The third-order valence-electron chi connectivity index (χ3n) is 6.60. The van der Waals surface area contributed by atoms with Crippen LogP contribution in [0.5, 0.6) is 0 Å². The number of aromatic nitrogens is 2. The predicted molar refractivity (Wildman–Crippen MR) is 129 cm³/mol. The van der Waals surface area contributed by atoms with Gasteiger partial charge in [0.05, 0.1) is 22.3 Å². The second kappa shape index (κ2) is 10.2. The molecule has 0 spiro atoms. The molecule has 2 saturated heterocycles. The van der Waals surface area contributed by atoms with Crippen molar-refractivity contribution in [1.82, 2.24) is 19.0 Å². The Labute approximate surface area is 209 Å². The van der Waals surface area contributed by atoms with Crippen LogP contribution in [0.3, 0.4) is 0 Å². The van der Waals surface area contributed by atoms with Crippen LogP contribution in [0.15, 0.2) is 23.1 Å². The van der Waals surface area contributed by atoms with Gasteiger partial charge in [-0.15, -0.1) is 0 Å². The minimum absolute atomic E-state index is 0.00649. The van der Waals surface area contributed by atoms with E-state index < -0.39 is 21.8 Å². The lowest BCUT2D eigenvalue weighted by atomic mass is 9.99. The highest BCUT2D eigenvalue weighted by molar-refractivity contribution is 7.89. The number of carbonyl (C=O) groups is 2. The largest absolute Gasteiger partial charge is 0.341 e. The molecule has 1 aromatic heterocycles. The highest BCUT2D eigenvalue weighted by atomic mass is 35.5. The number of anilines is 1. The van der Waals surface area contributed by atoms with E-state index in [0.29, 0.717) is 43.0 Å². The van der Waals surface area contributed by atoms with Crippen LogP contribution in [-0.4, -0.2) is 65.4 Å². The summed E-state index contributed by atoms with van der Waals surface area (Å²) in [4.78, 5) is 27.3. The van der Waals surface area contributed by atoms with E-state index in [-0.39, 0.29) is 41.4 Å². The number of benzene rings is 1. The van der Waals surface area contributed by atoms with Crippen LogP contribution in [0.4, 0.5) is 10.1 Å². The summed E-state index contributed by atoms with van der Waals surface area (Å²) in [5.41, 5.74) is 1.07. The number of rotatable bonds is 6. The zero-order chi connectivity index (χ0) is 25.3. The molecule has 2 aromatic rings. The van der Waals surface area contributed by atoms with Crippen molar-refractivity contribution in [1.29, 1.82) is 0 Å². The minimum Gasteiger partial charge on any atom is -0.341 e. The number of sulfonamides is 1. The first kappa shape index (κ1) is 25.6. The maximum absolute atomic E-state index is 13.6. The molecular weight excluding hydrogens is 497 g/mol. The molecule has 1 atom stereocenters. The van der Waals surface area contributed by atoms with Crippen molar-refractivity contribution in [2.45, 2.75) is 51.0 Å². The number of piperidine rings is 1. The van der Waals surface area contributed by atoms with Gasteiger partial charge in [0.2, 0.25) is 21.8 Å². The van der Waals surface area contributed by atoms with Crippen molar-refractivity contribution in [2.24, 2.45) is 5.92 Å². The van der Waals surface area contributed by atoms with E-state index in [9.17, 15) is 22.4 Å². The average molecular weight is 526 g/mol. The van der Waals surface area contributed by atoms with Crippen LogP contribution >= 0.6 is 11.6 Å². The fraction of sp³-hybridized carbons (Fsp3) is 0.522. The molecule has 35 heavy (non-hydrogen) atoms. The fourth-order valence-corrected chi connectivity index (χ4v) is 6.80. The number of amides is 2. The Kier molecular flexibility index (Phi) is 7.48. The molecular formula is C23H29ClFN5O4S. The van der Waals surface area contributed by atoms with Gasteiger partial charge >= 0.3 is 0 Å². The zero-order valence-electron chi connectivity index (χ0n) is 19.8. The van der Waals surface area contributed by atoms with Crippen molar-refractivity contribution in [3.63, 3.8) is 0 Å². The number of aryl methyl sites for hydroxylation is 1. The van der Waals surface area contributed by atoms with E-state index in [1.165, 1.54) is 21.1 Å². The molecule has 0 radical (unpaired) electrons. The molecule has 3 heterocycles. The number of likely N-dealkylation sites (tertiary alicyclic amines) is 1. The number of hydrogen-bond donors (Lipinski definition) is 1. The van der Waals surface area contributed by atoms with E-state index in [1.54, 1.807) is 18.7 Å². The maximum Gasteiger partial charge on any atom is 0.246 e. The fourth-order valence-electron chi connectivity index (χ4n) is 4.72. The number of halogens is 2. The van der Waals surface area contributed by atoms with Gasteiger partial charge in [-0.3, -0.25) is 14.3 Å². The number of carbonyl (C=O) groups excluding carboxylic acids is 2. The lowest BCUT2D eigenvalue weighted by Crippen LogP contribution is -2.44. The predicted octanol–water partition coefficient (Wildman–Crippen LogP) is 2.95. The summed E-state index contributed by atoms with van der Waals surface area (Å²) in [5.74, 6) is -1.59. The van der Waals surface area contributed by atoms with Gasteiger partial charge in [0, 0.05) is 31.9 Å². The standard InChI is InChI=1S/C23H29ClFN5O4S/c1-15-22(16(2)30(27-15)14-21(31)28-9-3-4-10-28)35(33,34)29-11-5-6-17(13-29)23(32)26-18-7-8-20(25)19(24)12-18/h7-8,12,17H,3-6,9-11,13-14H2,1-2H3,(H,26,32)/t17-/m1/s1. The van der Waals surface area contributed by atoms with Crippen LogP contribution in [0.2, 0.25) is 5.02 Å². The van der Waals surface area contributed by atoms with Crippen LogP contribution in [0.1, 0.15) is 37.1 Å². The van der Waals surface area contributed by atoms with E-state index >= 15 is 0 Å². The maximum atomic E-state index is 13.6. The van der Waals surface area contributed by atoms with Crippen molar-refractivity contribution >= 4 is 39.1 Å². The van der Waals surface area contributed by atoms with Crippen LogP contribution < -0.4 is 5.32 Å². The molecule has 9 nitrogen and oxygen atoms in total. The summed E-state index contributed by atoms with van der Waals surface area (Å²) in [5, 5.41) is 6.94. The molecule has 4 rings (SSSR count). The zero-order valence-corrected chi connectivity index (χ0v) is 21.3. The van der Waals surface area contributed by atoms with Gasteiger partial charge in [0.1, 0.15) is 17.3 Å². The highest BCUT2D eigenvalue weighted by Gasteiger charge is 2.37. The number of hydrogen-bond acceptors (Lipinski definition) is 5. The first-order valence-electron chi connectivity index (χ1n) is 11.7. The molecule has 1 N–H and O–H groups in total. The molecule has 12 heteroatoms. The van der Waals surface area contributed by atoms with Gasteiger partial charge in [0.15, 0.2) is 0 Å². The summed E-state index contributed by atoms with van der Waals surface area (Å²) in [7, 11) is -3.93. The summed E-state index contributed by atoms with van der Waals surface area (Å²) >= 11 is 5.79. The van der Waals surface area contributed by atoms with Gasteiger partial charge in [-0.25, -0.2) is 12.8 Å². The molecule has 2 aliphatic heterocycles. The van der Waals surface area contributed by atoms with Crippen LogP contribution in [0, 0.1) is 25.6 Å². The Morgan fingerprint density at radius 3 is 2.57 bits per heavy atom. The Bertz CT molecular complexity index is 1240. The van der Waals surface area contributed by atoms with Crippen LogP contribution in [0.25, 0.3) is 0 Å². The van der Waals surface area contributed by atoms with E-state index in [2.05, 4.69) is 10.4 Å². The average Bonchev–Trinajstić information content (AvgIpc) is 3.45. The Morgan fingerprint density at radius 1 is 1.17 bits per heavy atom. The summed E-state index contributed by atoms with van der Waals surface area (Å²) in [6, 6.07) is 3.88. The lowest BCUT2D eigenvalue weighted by molar-refractivity contribution is -0.131. The summed E-state index contributed by atoms with van der Waals surface area (Å²) < 4.78 is 43.3. The van der Waals surface area contributed by atoms with E-state index in [0.717, 1.165) is 18.9 Å². The Hall–Kier alpha value is -2.50. The molecule has 0 saturated carbocycles. The van der Waals surface area contributed by atoms with Crippen molar-refractivity contribution in [2.75, 3.05) is 31.5 Å². The van der Waals surface area contributed by atoms with Gasteiger partial charge < -0.3 is 10.2 Å². The van der Waals surface area contributed by atoms with Crippen molar-refractivity contribution in [3.05, 3.63) is 40.4 Å². The molecule has 190 valence electrons. The normalized spacial score (nSPS) is 19.2. The molecule has 2 aliphatic rings. The summed E-state index contributed by atoms with van der Waals surface area (Å²) in [6.45, 7) is 4.98. The number of nitrogens with one attached hydrogen (secondary N) is 1. The lowest BCUT2D eigenvalue weighted by Gasteiger charge is -2.31. The monoisotopic (exact) mass is 525 g/mol. The van der Waals surface area contributed by atoms with E-state index in [4.69, 9.17) is 11.6 Å². The van der Waals surface area contributed by atoms with Gasteiger partial charge in [0.25, 0.3) is 0 Å². The van der Waals surface area contributed by atoms with Gasteiger partial charge in [-0.2, -0.15) is 9.40 Å². The SMILES string of the molecule is Cc1nn(CC(=O)N2CCCC2)c(C)c1S(=O)(=O)N1CCC[C@@H](C(=O)Nc2ccc(F)c(Cl)c2)C1. The van der Waals surface area contributed by atoms with Crippen LogP contribution in [-0.2, 0) is 26.2 Å². The number of nitrogens with zero attached hydrogens (tertiary/aromatic N) is 4. The molecule has 2 amide bonds. The highest BCUT2D eigenvalue weighted by Crippen LogP contribution is 2.29. The smallest absolute Gasteiger partial charge is 0.246 e. The van der Waals surface area contributed by atoms with Crippen molar-refractivity contribution in [3.8, 4) is 0 Å². The van der Waals surface area contributed by atoms with Gasteiger partial charge in [-0.1, -0.05) is 11.6 Å². The Balaban J connectivity index is 1.49. The molecule has 0 bridgehead atoms. The first-order valence-corrected chi connectivity index (χ1v) is 13.5. The van der Waals surface area contributed by atoms with E-state index in [1.807, 2.05) is 0 Å². The first-order chi connectivity index (χ1) is 16.6. The molecule has 0 aliphatic carbocycles. The third-order valence-corrected chi connectivity index (χ3v) is 9.01. The molecule has 0 unspecified atom stereocenters. The van der Waals surface area contributed by atoms with Crippen molar-refractivity contribution < 1.29 is 22.4 Å².